The van der Waals surface area contributed by atoms with E-state index in [1.54, 1.807) is 24.3 Å². The highest BCUT2D eigenvalue weighted by atomic mass is 16.5. The van der Waals surface area contributed by atoms with Crippen LogP contribution in [-0.4, -0.2) is 34.6 Å². The molecule has 7 heteroatoms. The van der Waals surface area contributed by atoms with Gasteiger partial charge in [0.05, 0.1) is 13.3 Å². The van der Waals surface area contributed by atoms with Crippen molar-refractivity contribution >= 4 is 12.1 Å². The molecule has 0 aromatic heterocycles. The third kappa shape index (κ3) is 3.26. The van der Waals surface area contributed by atoms with Gasteiger partial charge in [-0.05, 0) is 36.4 Å². The molecule has 0 aliphatic carbocycles. The lowest BCUT2D eigenvalue weighted by Gasteiger charge is -2.04. The van der Waals surface area contributed by atoms with Gasteiger partial charge in [0.15, 0.2) is 11.5 Å². The van der Waals surface area contributed by atoms with Gasteiger partial charge in [0.25, 0.3) is 5.91 Å². The second-order valence-electron chi connectivity index (χ2n) is 4.30. The minimum absolute atomic E-state index is 0.144. The summed E-state index contributed by atoms with van der Waals surface area (Å²) in [6.45, 7) is 0. The van der Waals surface area contributed by atoms with E-state index < -0.39 is 23.2 Å². The largest absolute Gasteiger partial charge is 0.504 e. The molecule has 0 spiro atoms. The molecule has 22 heavy (non-hydrogen) atoms. The highest BCUT2D eigenvalue weighted by molar-refractivity contribution is 5.95. The Hall–Kier alpha value is -3.22. The summed E-state index contributed by atoms with van der Waals surface area (Å²) >= 11 is 0. The number of ether oxygens (including phenoxy) is 1. The molecule has 0 bridgehead atoms. The number of carbonyl (C=O) groups is 1. The normalized spacial score (nSPS) is 10.6. The highest BCUT2D eigenvalue weighted by Crippen LogP contribution is 2.36. The molecular formula is C15H14N2O5. The smallest absolute Gasteiger partial charge is 0.271 e. The third-order valence-electron chi connectivity index (χ3n) is 2.88. The second kappa shape index (κ2) is 6.49. The Morgan fingerprint density at radius 2 is 1.77 bits per heavy atom. The van der Waals surface area contributed by atoms with Crippen LogP contribution in [0.25, 0.3) is 0 Å². The van der Waals surface area contributed by atoms with Crippen molar-refractivity contribution in [1.82, 2.24) is 5.43 Å². The number of hydrogen-bond donors (Lipinski definition) is 4. The molecule has 1 amide bonds. The number of nitrogens with zero attached hydrogens (tertiary/aromatic N) is 1. The van der Waals surface area contributed by atoms with Crippen molar-refractivity contribution in [3.05, 3.63) is 47.5 Å². The summed E-state index contributed by atoms with van der Waals surface area (Å²) in [6.07, 6.45) is 1.15. The molecule has 114 valence electrons. The Kier molecular flexibility index (Phi) is 4.47. The van der Waals surface area contributed by atoms with Crippen LogP contribution in [0, 0.1) is 0 Å². The van der Waals surface area contributed by atoms with E-state index in [4.69, 9.17) is 4.74 Å². The summed E-state index contributed by atoms with van der Waals surface area (Å²) in [4.78, 5) is 11.8. The fraction of sp³-hybridized carbons (Fsp3) is 0.0667. The summed E-state index contributed by atoms with van der Waals surface area (Å²) in [6, 6.07) is 8.97. The number of nitrogens with one attached hydrogen (secondary N) is 1. The van der Waals surface area contributed by atoms with E-state index in [0.717, 1.165) is 6.21 Å². The Morgan fingerprint density at radius 3 is 2.41 bits per heavy atom. The van der Waals surface area contributed by atoms with E-state index in [1.807, 2.05) is 0 Å². The zero-order valence-electron chi connectivity index (χ0n) is 11.6. The van der Waals surface area contributed by atoms with Gasteiger partial charge in [-0.25, -0.2) is 5.43 Å². The lowest BCUT2D eigenvalue weighted by molar-refractivity contribution is 0.0955. The molecule has 2 rings (SSSR count). The van der Waals surface area contributed by atoms with E-state index in [0.29, 0.717) is 11.3 Å². The van der Waals surface area contributed by atoms with Crippen molar-refractivity contribution in [2.24, 2.45) is 5.10 Å². The number of amides is 1. The lowest BCUT2D eigenvalue weighted by Crippen LogP contribution is -2.17. The lowest BCUT2D eigenvalue weighted by atomic mass is 10.2. The minimum Gasteiger partial charge on any atom is -0.504 e. The summed E-state index contributed by atoms with van der Waals surface area (Å²) in [5.41, 5.74) is 2.81. The number of phenolic OH excluding ortho intramolecular Hbond substituents is 3. The van der Waals surface area contributed by atoms with Crippen LogP contribution in [0.1, 0.15) is 15.9 Å². The van der Waals surface area contributed by atoms with E-state index in [2.05, 4.69) is 10.5 Å². The molecular weight excluding hydrogens is 288 g/mol. The van der Waals surface area contributed by atoms with Crippen molar-refractivity contribution < 1.29 is 24.9 Å². The topological polar surface area (TPSA) is 111 Å². The van der Waals surface area contributed by atoms with Crippen molar-refractivity contribution in [2.45, 2.75) is 0 Å². The number of phenols is 3. The van der Waals surface area contributed by atoms with Gasteiger partial charge >= 0.3 is 0 Å². The predicted molar refractivity (Wildman–Crippen MR) is 79.5 cm³/mol. The summed E-state index contributed by atoms with van der Waals surface area (Å²) in [5.74, 6) is -1.43. The Morgan fingerprint density at radius 1 is 1.09 bits per heavy atom. The number of hydrogen-bond acceptors (Lipinski definition) is 6. The molecule has 0 aliphatic rings. The highest BCUT2D eigenvalue weighted by Gasteiger charge is 2.09. The molecule has 0 aliphatic heterocycles. The summed E-state index contributed by atoms with van der Waals surface area (Å²) < 4.78 is 4.99. The second-order valence-corrected chi connectivity index (χ2v) is 4.30. The number of aromatic hydroxyl groups is 3. The van der Waals surface area contributed by atoms with Crippen molar-refractivity contribution in [2.75, 3.05) is 7.11 Å². The van der Waals surface area contributed by atoms with Gasteiger partial charge < -0.3 is 20.1 Å². The molecule has 0 radical (unpaired) electrons. The average molecular weight is 302 g/mol. The van der Waals surface area contributed by atoms with E-state index in [9.17, 15) is 20.1 Å². The average Bonchev–Trinajstić information content (AvgIpc) is 2.54. The fourth-order valence-corrected chi connectivity index (χ4v) is 1.66. The van der Waals surface area contributed by atoms with E-state index >= 15 is 0 Å². The predicted octanol–water partition coefficient (Wildman–Crippen LogP) is 1.58. The molecule has 0 saturated heterocycles. The van der Waals surface area contributed by atoms with Gasteiger partial charge in [-0.2, -0.15) is 5.10 Å². The van der Waals surface area contributed by atoms with Gasteiger partial charge in [-0.1, -0.05) is 0 Å². The zero-order valence-corrected chi connectivity index (χ0v) is 11.6. The Labute approximate surface area is 126 Å². The van der Waals surface area contributed by atoms with Gasteiger partial charge in [0.1, 0.15) is 5.75 Å². The number of benzene rings is 2. The standard InChI is InChI=1S/C15H14N2O5/c1-22-11-5-2-9(3-6-11)15(21)17-16-8-10-4-7-12(18)14(20)13(10)19/h2-8,18-20H,1H3,(H,17,21). The number of carbonyl (C=O) groups excluding carboxylic acids is 1. The van der Waals surface area contributed by atoms with Crippen LogP contribution < -0.4 is 10.2 Å². The fourth-order valence-electron chi connectivity index (χ4n) is 1.66. The third-order valence-corrected chi connectivity index (χ3v) is 2.88. The SMILES string of the molecule is COc1ccc(C(=O)NN=Cc2ccc(O)c(O)c2O)cc1. The maximum Gasteiger partial charge on any atom is 0.271 e. The maximum absolute atomic E-state index is 11.8. The molecule has 0 saturated carbocycles. The molecule has 0 unspecified atom stereocenters. The van der Waals surface area contributed by atoms with Crippen LogP contribution in [-0.2, 0) is 0 Å². The van der Waals surface area contributed by atoms with Crippen LogP contribution in [0.15, 0.2) is 41.5 Å². The molecule has 4 N–H and O–H groups in total. The van der Waals surface area contributed by atoms with Gasteiger partial charge in [0, 0.05) is 11.1 Å². The van der Waals surface area contributed by atoms with Crippen molar-refractivity contribution in [3.8, 4) is 23.0 Å². The van der Waals surface area contributed by atoms with Gasteiger partial charge in [0.2, 0.25) is 5.75 Å². The first-order chi connectivity index (χ1) is 10.5. The molecule has 2 aromatic rings. The number of hydrazone groups is 1. The molecule has 7 nitrogen and oxygen atoms in total. The van der Waals surface area contributed by atoms with Crippen LogP contribution in [0.3, 0.4) is 0 Å². The quantitative estimate of drug-likeness (QED) is 0.389. The van der Waals surface area contributed by atoms with E-state index in [-0.39, 0.29) is 5.56 Å². The first kappa shape index (κ1) is 15.2. The molecule has 2 aromatic carbocycles. The molecule has 0 heterocycles. The van der Waals surface area contributed by atoms with Crippen LogP contribution in [0.2, 0.25) is 0 Å². The van der Waals surface area contributed by atoms with Gasteiger partial charge in [-0.3, -0.25) is 4.79 Å². The first-order valence-electron chi connectivity index (χ1n) is 6.24. The monoisotopic (exact) mass is 302 g/mol. The summed E-state index contributed by atoms with van der Waals surface area (Å²) in [5, 5.41) is 31.8. The first-order valence-corrected chi connectivity index (χ1v) is 6.24. The number of methoxy groups -OCH3 is 1. The minimum atomic E-state index is -0.648. The molecule has 0 atom stereocenters. The van der Waals surface area contributed by atoms with Crippen molar-refractivity contribution in [1.29, 1.82) is 0 Å². The number of rotatable bonds is 4. The van der Waals surface area contributed by atoms with E-state index in [1.165, 1.54) is 19.2 Å². The Balaban J connectivity index is 2.05. The molecule has 0 fully saturated rings. The Bertz CT molecular complexity index is 711. The summed E-state index contributed by atoms with van der Waals surface area (Å²) in [7, 11) is 1.53. The van der Waals surface area contributed by atoms with Crippen molar-refractivity contribution in [3.63, 3.8) is 0 Å². The van der Waals surface area contributed by atoms with Gasteiger partial charge in [-0.15, -0.1) is 0 Å². The van der Waals surface area contributed by atoms with Crippen LogP contribution >= 0.6 is 0 Å². The zero-order chi connectivity index (χ0) is 16.1. The van der Waals surface area contributed by atoms with Crippen LogP contribution in [0.5, 0.6) is 23.0 Å². The maximum atomic E-state index is 11.8. The van der Waals surface area contributed by atoms with Crippen LogP contribution in [0.4, 0.5) is 0 Å².